The van der Waals surface area contributed by atoms with E-state index >= 15 is 0 Å². The number of anilines is 2. The van der Waals surface area contributed by atoms with Crippen molar-refractivity contribution in [2.45, 2.75) is 11.3 Å². The molecular weight excluding hydrogens is 362 g/mol. The summed E-state index contributed by atoms with van der Waals surface area (Å²) in [7, 11) is -3.84. The van der Waals surface area contributed by atoms with Gasteiger partial charge in [0.05, 0.1) is 10.6 Å². The van der Waals surface area contributed by atoms with Crippen LogP contribution in [0.25, 0.3) is 10.9 Å². The predicted octanol–water partition coefficient (Wildman–Crippen LogP) is 2.93. The molecule has 0 atom stereocenters. The maximum Gasteiger partial charge on any atom is 0.265 e. The molecule has 128 valence electrons. The lowest BCUT2D eigenvalue weighted by Crippen LogP contribution is -2.29. The molecule has 3 N–H and O–H groups in total. The van der Waals surface area contributed by atoms with Crippen molar-refractivity contribution in [3.05, 3.63) is 53.1 Å². The van der Waals surface area contributed by atoms with Crippen LogP contribution in [-0.2, 0) is 16.4 Å². The number of pyridine rings is 1. The number of hydrogen-bond acceptors (Lipinski definition) is 5. The second kappa shape index (κ2) is 5.50. The summed E-state index contributed by atoms with van der Waals surface area (Å²) >= 11 is 6.19. The van der Waals surface area contributed by atoms with Crippen molar-refractivity contribution in [2.24, 2.45) is 0 Å². The van der Waals surface area contributed by atoms with E-state index in [4.69, 9.17) is 17.3 Å². The Morgan fingerprint density at radius 3 is 2.76 bits per heavy atom. The number of nitrogens with zero attached hydrogens (tertiary/aromatic N) is 2. The molecule has 4 rings (SSSR count). The fraction of sp³-hybridized carbons (Fsp3) is 0.118. The fourth-order valence-corrected chi connectivity index (χ4v) is 5.09. The van der Waals surface area contributed by atoms with Crippen LogP contribution in [0.15, 0.2) is 47.4 Å². The lowest BCUT2D eigenvalue weighted by Gasteiger charge is -2.21. The monoisotopic (exact) mass is 375 g/mol. The summed E-state index contributed by atoms with van der Waals surface area (Å²) in [6.45, 7) is 0.312. The van der Waals surface area contributed by atoms with Crippen LogP contribution < -0.4 is 10.0 Å². The molecule has 2 aromatic carbocycles. The number of nitrogens with two attached hydrogens (primary N) is 1. The molecule has 0 fully saturated rings. The smallest absolute Gasteiger partial charge is 0.265 e. The minimum atomic E-state index is -3.84. The normalized spacial score (nSPS) is 14.0. The van der Waals surface area contributed by atoms with Crippen LogP contribution >= 0.6 is 11.6 Å². The average molecular weight is 376 g/mol. The zero-order chi connectivity index (χ0) is 17.8. The Hall–Kier alpha value is -2.51. The van der Waals surface area contributed by atoms with Gasteiger partial charge in [-0.15, -0.1) is 0 Å². The number of aromatic hydroxyl groups is 1. The fourth-order valence-electron chi connectivity index (χ4n) is 3.15. The molecule has 1 aliphatic rings. The lowest BCUT2D eigenvalue weighted by molar-refractivity contribution is 0.480. The molecule has 0 aliphatic carbocycles. The van der Waals surface area contributed by atoms with Crippen LogP contribution in [0.2, 0.25) is 5.02 Å². The van der Waals surface area contributed by atoms with Crippen LogP contribution in [0.5, 0.6) is 5.75 Å². The molecular formula is C17H14ClN3O3S. The number of nitrogen functional groups attached to an aromatic ring is 1. The van der Waals surface area contributed by atoms with Gasteiger partial charge in [-0.05, 0) is 48.4 Å². The molecule has 0 spiro atoms. The number of sulfonamides is 1. The summed E-state index contributed by atoms with van der Waals surface area (Å²) in [5.41, 5.74) is 7.21. The molecule has 0 unspecified atom stereocenters. The van der Waals surface area contributed by atoms with E-state index in [-0.39, 0.29) is 22.0 Å². The van der Waals surface area contributed by atoms with E-state index in [1.165, 1.54) is 22.5 Å². The van der Waals surface area contributed by atoms with Crippen molar-refractivity contribution in [1.82, 2.24) is 4.98 Å². The summed E-state index contributed by atoms with van der Waals surface area (Å²) in [6, 6.07) is 11.0. The van der Waals surface area contributed by atoms with Crippen molar-refractivity contribution in [3.63, 3.8) is 0 Å². The summed E-state index contributed by atoms with van der Waals surface area (Å²) < 4.78 is 27.9. The van der Waals surface area contributed by atoms with Gasteiger partial charge in [0.2, 0.25) is 0 Å². The molecule has 0 amide bonds. The second-order valence-electron chi connectivity index (χ2n) is 5.78. The maximum absolute atomic E-state index is 13.3. The number of halogens is 1. The van der Waals surface area contributed by atoms with E-state index in [1.54, 1.807) is 24.3 Å². The van der Waals surface area contributed by atoms with Gasteiger partial charge in [-0.2, -0.15) is 0 Å². The first-order valence-electron chi connectivity index (χ1n) is 7.58. The van der Waals surface area contributed by atoms with Crippen molar-refractivity contribution in [3.8, 4) is 5.75 Å². The Morgan fingerprint density at radius 1 is 1.16 bits per heavy atom. The number of fused-ring (bicyclic) bond motifs is 2. The predicted molar refractivity (Wildman–Crippen MR) is 97.5 cm³/mol. The van der Waals surface area contributed by atoms with Gasteiger partial charge in [0.15, 0.2) is 0 Å². The van der Waals surface area contributed by atoms with Gasteiger partial charge in [0.1, 0.15) is 17.1 Å². The van der Waals surface area contributed by atoms with E-state index in [0.29, 0.717) is 29.1 Å². The molecule has 0 saturated carbocycles. The zero-order valence-corrected chi connectivity index (χ0v) is 14.5. The molecule has 0 bridgehead atoms. The first-order valence-corrected chi connectivity index (χ1v) is 9.40. The molecule has 6 nitrogen and oxygen atoms in total. The van der Waals surface area contributed by atoms with Gasteiger partial charge in [-0.1, -0.05) is 17.7 Å². The highest BCUT2D eigenvalue weighted by Crippen LogP contribution is 2.39. The molecule has 0 saturated heterocycles. The maximum atomic E-state index is 13.3. The SMILES string of the molecule is Nc1ccc2c(S(=O)(=O)N3CCc4c(Cl)cccc43)ccc(O)c2n1. The third-order valence-corrected chi connectivity index (χ3v) is 6.54. The third-order valence-electron chi connectivity index (χ3n) is 4.31. The molecule has 8 heteroatoms. The topological polar surface area (TPSA) is 96.5 Å². The third kappa shape index (κ3) is 2.39. The van der Waals surface area contributed by atoms with E-state index in [9.17, 15) is 13.5 Å². The summed E-state index contributed by atoms with van der Waals surface area (Å²) in [5, 5.41) is 10.9. The first kappa shape index (κ1) is 16.0. The van der Waals surface area contributed by atoms with Gasteiger partial charge in [0.25, 0.3) is 10.0 Å². The van der Waals surface area contributed by atoms with E-state index in [2.05, 4.69) is 4.98 Å². The second-order valence-corrected chi connectivity index (χ2v) is 8.02. The van der Waals surface area contributed by atoms with Crippen LogP contribution in [-0.4, -0.2) is 25.1 Å². The standard InChI is InChI=1S/C17H14ClN3O3S/c18-12-2-1-3-13-10(12)8-9-21(13)25(23,24)15-6-5-14(22)17-11(15)4-7-16(19)20-17/h1-7,22H,8-9H2,(H2,19,20). The van der Waals surface area contributed by atoms with Crippen molar-refractivity contribution < 1.29 is 13.5 Å². The average Bonchev–Trinajstić information content (AvgIpc) is 3.02. The highest BCUT2D eigenvalue weighted by molar-refractivity contribution is 7.93. The number of benzene rings is 2. The first-order chi connectivity index (χ1) is 11.9. The van der Waals surface area contributed by atoms with Crippen molar-refractivity contribution in [1.29, 1.82) is 0 Å². The Balaban J connectivity index is 1.93. The minimum absolute atomic E-state index is 0.0700. The Morgan fingerprint density at radius 2 is 1.96 bits per heavy atom. The number of phenolic OH excluding ortho intramolecular Hbond substituents is 1. The largest absolute Gasteiger partial charge is 0.506 e. The van der Waals surface area contributed by atoms with E-state index < -0.39 is 10.0 Å². The molecule has 3 aromatic rings. The van der Waals surface area contributed by atoms with Crippen LogP contribution in [0, 0.1) is 0 Å². The van der Waals surface area contributed by atoms with Gasteiger partial charge >= 0.3 is 0 Å². The van der Waals surface area contributed by atoms with Crippen LogP contribution in [0.3, 0.4) is 0 Å². The summed E-state index contributed by atoms with van der Waals surface area (Å²) in [5.74, 6) is 0.0850. The quantitative estimate of drug-likeness (QED) is 0.717. The summed E-state index contributed by atoms with van der Waals surface area (Å²) in [6.07, 6.45) is 0.551. The summed E-state index contributed by atoms with van der Waals surface area (Å²) in [4.78, 5) is 4.13. The van der Waals surface area contributed by atoms with Crippen molar-refractivity contribution in [2.75, 3.05) is 16.6 Å². The zero-order valence-electron chi connectivity index (χ0n) is 13.0. The van der Waals surface area contributed by atoms with E-state index in [0.717, 1.165) is 5.56 Å². The number of hydrogen-bond donors (Lipinski definition) is 2. The molecule has 0 radical (unpaired) electrons. The minimum Gasteiger partial charge on any atom is -0.506 e. The number of phenols is 1. The highest BCUT2D eigenvalue weighted by atomic mass is 35.5. The molecule has 2 heterocycles. The van der Waals surface area contributed by atoms with Gasteiger partial charge in [0, 0.05) is 17.0 Å². The van der Waals surface area contributed by atoms with Crippen LogP contribution in [0.1, 0.15) is 5.56 Å². The Bertz CT molecular complexity index is 1120. The van der Waals surface area contributed by atoms with Gasteiger partial charge in [-0.3, -0.25) is 4.31 Å². The van der Waals surface area contributed by atoms with Crippen molar-refractivity contribution >= 4 is 44.0 Å². The molecule has 1 aliphatic heterocycles. The van der Waals surface area contributed by atoms with Crippen LogP contribution in [0.4, 0.5) is 11.5 Å². The lowest BCUT2D eigenvalue weighted by atomic mass is 10.2. The van der Waals surface area contributed by atoms with E-state index in [1.807, 2.05) is 0 Å². The molecule has 25 heavy (non-hydrogen) atoms. The number of rotatable bonds is 2. The van der Waals surface area contributed by atoms with Gasteiger partial charge < -0.3 is 10.8 Å². The van der Waals surface area contributed by atoms with Gasteiger partial charge in [-0.25, -0.2) is 13.4 Å². The Kier molecular flexibility index (Phi) is 3.52. The molecule has 1 aromatic heterocycles. The number of aromatic nitrogens is 1. The Labute approximate surface area is 149 Å². The highest BCUT2D eigenvalue weighted by Gasteiger charge is 2.33.